The number of fused-ring (bicyclic) bond motifs is 1. The molecule has 0 radical (unpaired) electrons. The molecule has 0 fully saturated rings. The van der Waals surface area contributed by atoms with Crippen LogP contribution in [0.1, 0.15) is 30.3 Å². The molecule has 1 atom stereocenters. The molecule has 1 aliphatic rings. The zero-order valence-corrected chi connectivity index (χ0v) is 7.99. The summed E-state index contributed by atoms with van der Waals surface area (Å²) in [5.74, 6) is 1.33. The number of H-pyrrole nitrogens is 1. The van der Waals surface area contributed by atoms with Crippen LogP contribution in [-0.4, -0.2) is 10.2 Å². The number of nitrogens with zero attached hydrogens (tertiary/aromatic N) is 1. The van der Waals surface area contributed by atoms with Crippen molar-refractivity contribution in [3.63, 3.8) is 0 Å². The Morgan fingerprint density at radius 2 is 2.50 bits per heavy atom. The predicted octanol–water partition coefficient (Wildman–Crippen LogP) is 2.27. The van der Waals surface area contributed by atoms with E-state index in [4.69, 9.17) is 11.6 Å². The predicted molar refractivity (Wildman–Crippen MR) is 49.3 cm³/mol. The number of alkyl halides is 1. The fraction of sp³-hybridized carbons (Fsp3) is 0.667. The van der Waals surface area contributed by atoms with Crippen LogP contribution in [0.15, 0.2) is 0 Å². The number of aromatic amines is 1. The number of halogens is 1. The first-order valence-corrected chi connectivity index (χ1v) is 4.95. The summed E-state index contributed by atoms with van der Waals surface area (Å²) in [5.41, 5.74) is 3.74. The van der Waals surface area contributed by atoms with E-state index < -0.39 is 0 Å². The largest absolute Gasteiger partial charge is 0.282 e. The SMILES string of the molecule is C[C@H]1CCc2[nH]nc(CCl)c2C1. The van der Waals surface area contributed by atoms with Crippen LogP contribution >= 0.6 is 11.6 Å². The summed E-state index contributed by atoms with van der Waals surface area (Å²) in [6, 6.07) is 0. The molecular weight excluding hydrogens is 172 g/mol. The summed E-state index contributed by atoms with van der Waals surface area (Å²) in [6.45, 7) is 2.29. The molecule has 1 aromatic heterocycles. The van der Waals surface area contributed by atoms with Crippen molar-refractivity contribution in [3.8, 4) is 0 Å². The van der Waals surface area contributed by atoms with Crippen molar-refractivity contribution >= 4 is 11.6 Å². The van der Waals surface area contributed by atoms with Gasteiger partial charge in [0.1, 0.15) is 0 Å². The van der Waals surface area contributed by atoms with Crippen LogP contribution in [0.25, 0.3) is 0 Å². The van der Waals surface area contributed by atoms with E-state index in [-0.39, 0.29) is 0 Å². The van der Waals surface area contributed by atoms with E-state index >= 15 is 0 Å². The molecule has 1 heterocycles. The molecule has 0 saturated heterocycles. The number of rotatable bonds is 1. The quantitative estimate of drug-likeness (QED) is 0.667. The molecule has 0 aromatic carbocycles. The highest BCUT2D eigenvalue weighted by Gasteiger charge is 2.20. The third kappa shape index (κ3) is 1.24. The topological polar surface area (TPSA) is 28.7 Å². The molecule has 0 bridgehead atoms. The van der Waals surface area contributed by atoms with Crippen LogP contribution in [-0.2, 0) is 18.7 Å². The Balaban J connectivity index is 2.34. The summed E-state index contributed by atoms with van der Waals surface area (Å²) >= 11 is 5.77. The lowest BCUT2D eigenvalue weighted by Gasteiger charge is -2.17. The smallest absolute Gasteiger partial charge is 0.0804 e. The number of aromatic nitrogens is 2. The number of hydrogen-bond donors (Lipinski definition) is 1. The molecule has 0 aliphatic heterocycles. The molecule has 1 aromatic rings. The Morgan fingerprint density at radius 1 is 1.67 bits per heavy atom. The minimum Gasteiger partial charge on any atom is -0.282 e. The lowest BCUT2D eigenvalue weighted by atomic mass is 9.88. The monoisotopic (exact) mass is 184 g/mol. The average Bonchev–Trinajstić information content (AvgIpc) is 2.46. The molecule has 0 unspecified atom stereocenters. The maximum atomic E-state index is 5.77. The second-order valence-corrected chi connectivity index (χ2v) is 3.88. The van der Waals surface area contributed by atoms with Crippen molar-refractivity contribution < 1.29 is 0 Å². The van der Waals surface area contributed by atoms with E-state index in [0.717, 1.165) is 24.5 Å². The van der Waals surface area contributed by atoms with Crippen molar-refractivity contribution in [1.82, 2.24) is 10.2 Å². The summed E-state index contributed by atoms with van der Waals surface area (Å²) in [7, 11) is 0. The Kier molecular flexibility index (Phi) is 2.09. The lowest BCUT2D eigenvalue weighted by molar-refractivity contribution is 0.496. The normalized spacial score (nSPS) is 22.3. The maximum absolute atomic E-state index is 5.77. The Hall–Kier alpha value is -0.500. The molecule has 0 amide bonds. The van der Waals surface area contributed by atoms with Gasteiger partial charge in [0, 0.05) is 5.69 Å². The number of nitrogens with one attached hydrogen (secondary N) is 1. The van der Waals surface area contributed by atoms with Gasteiger partial charge in [0.15, 0.2) is 0 Å². The summed E-state index contributed by atoms with van der Waals surface area (Å²) in [4.78, 5) is 0. The van der Waals surface area contributed by atoms with E-state index in [2.05, 4.69) is 17.1 Å². The van der Waals surface area contributed by atoms with Gasteiger partial charge < -0.3 is 0 Å². The molecule has 0 saturated carbocycles. The zero-order chi connectivity index (χ0) is 8.55. The third-order valence-electron chi connectivity index (χ3n) is 2.60. The van der Waals surface area contributed by atoms with Gasteiger partial charge in [0.05, 0.1) is 11.6 Å². The molecule has 1 N–H and O–H groups in total. The van der Waals surface area contributed by atoms with Crippen molar-refractivity contribution in [2.45, 2.75) is 32.1 Å². The molecule has 2 rings (SSSR count). The number of aryl methyl sites for hydroxylation is 1. The van der Waals surface area contributed by atoms with E-state index in [0.29, 0.717) is 5.88 Å². The molecule has 2 nitrogen and oxygen atoms in total. The highest BCUT2D eigenvalue weighted by Crippen LogP contribution is 2.26. The lowest BCUT2D eigenvalue weighted by Crippen LogP contribution is -2.11. The summed E-state index contributed by atoms with van der Waals surface area (Å²) < 4.78 is 0. The van der Waals surface area contributed by atoms with Gasteiger partial charge in [-0.2, -0.15) is 5.10 Å². The molecule has 0 spiro atoms. The van der Waals surface area contributed by atoms with E-state index in [1.807, 2.05) is 0 Å². The fourth-order valence-electron chi connectivity index (χ4n) is 1.84. The van der Waals surface area contributed by atoms with Crippen molar-refractivity contribution in [3.05, 3.63) is 17.0 Å². The summed E-state index contributed by atoms with van der Waals surface area (Å²) in [6.07, 6.45) is 3.56. The van der Waals surface area contributed by atoms with Crippen LogP contribution in [0.3, 0.4) is 0 Å². The summed E-state index contributed by atoms with van der Waals surface area (Å²) in [5, 5.41) is 7.26. The van der Waals surface area contributed by atoms with Crippen molar-refractivity contribution in [2.75, 3.05) is 0 Å². The molecule has 12 heavy (non-hydrogen) atoms. The Labute approximate surface area is 77.3 Å². The first-order valence-electron chi connectivity index (χ1n) is 4.42. The van der Waals surface area contributed by atoms with Gasteiger partial charge in [0.2, 0.25) is 0 Å². The molecule has 3 heteroatoms. The van der Waals surface area contributed by atoms with Crippen molar-refractivity contribution in [1.29, 1.82) is 0 Å². The van der Waals surface area contributed by atoms with Gasteiger partial charge in [-0.1, -0.05) is 6.92 Å². The van der Waals surface area contributed by atoms with Gasteiger partial charge in [-0.05, 0) is 30.7 Å². The molecule has 1 aliphatic carbocycles. The molecule has 66 valence electrons. The fourth-order valence-corrected chi connectivity index (χ4v) is 2.06. The minimum atomic E-state index is 0.540. The third-order valence-corrected chi connectivity index (χ3v) is 2.86. The molecular formula is C9H13ClN2. The highest BCUT2D eigenvalue weighted by atomic mass is 35.5. The van der Waals surface area contributed by atoms with Crippen LogP contribution in [0.5, 0.6) is 0 Å². The van der Waals surface area contributed by atoms with Gasteiger partial charge >= 0.3 is 0 Å². The van der Waals surface area contributed by atoms with Gasteiger partial charge in [0.25, 0.3) is 0 Å². The number of hydrogen-bond acceptors (Lipinski definition) is 1. The maximum Gasteiger partial charge on any atom is 0.0804 e. The Morgan fingerprint density at radius 3 is 3.25 bits per heavy atom. The minimum absolute atomic E-state index is 0.540. The first-order chi connectivity index (χ1) is 5.81. The zero-order valence-electron chi connectivity index (χ0n) is 7.23. The van der Waals surface area contributed by atoms with E-state index in [1.165, 1.54) is 17.7 Å². The van der Waals surface area contributed by atoms with Gasteiger partial charge in [-0.25, -0.2) is 0 Å². The Bertz CT molecular complexity index is 267. The second-order valence-electron chi connectivity index (χ2n) is 3.61. The first kappa shape index (κ1) is 8.11. The standard InChI is InChI=1S/C9H13ClN2/c1-6-2-3-8-7(4-6)9(5-10)12-11-8/h6H,2-5H2,1H3,(H,11,12)/t6-/m0/s1. The van der Waals surface area contributed by atoms with Crippen LogP contribution in [0, 0.1) is 5.92 Å². The van der Waals surface area contributed by atoms with Crippen LogP contribution < -0.4 is 0 Å². The van der Waals surface area contributed by atoms with Gasteiger partial charge in [-0.3, -0.25) is 5.10 Å². The van der Waals surface area contributed by atoms with Gasteiger partial charge in [-0.15, -0.1) is 11.6 Å². The van der Waals surface area contributed by atoms with E-state index in [9.17, 15) is 0 Å². The highest BCUT2D eigenvalue weighted by molar-refractivity contribution is 6.17. The van der Waals surface area contributed by atoms with E-state index in [1.54, 1.807) is 0 Å². The van der Waals surface area contributed by atoms with Crippen molar-refractivity contribution in [2.24, 2.45) is 5.92 Å². The average molecular weight is 185 g/mol. The second kappa shape index (κ2) is 3.09. The van der Waals surface area contributed by atoms with Crippen LogP contribution in [0.4, 0.5) is 0 Å². The van der Waals surface area contributed by atoms with Crippen LogP contribution in [0.2, 0.25) is 0 Å².